The highest BCUT2D eigenvalue weighted by molar-refractivity contribution is 5.81. The molecule has 0 aromatic heterocycles. The number of carbonyl (C=O) groups excluding carboxylic acids is 1. The van der Waals surface area contributed by atoms with Crippen molar-refractivity contribution >= 4 is 11.9 Å². The highest BCUT2D eigenvalue weighted by Crippen LogP contribution is 2.23. The number of carbonyl (C=O) groups is 2. The molecule has 0 aliphatic carbocycles. The first-order valence-corrected chi connectivity index (χ1v) is 8.22. The van der Waals surface area contributed by atoms with Crippen LogP contribution in [0.5, 0.6) is 0 Å². The van der Waals surface area contributed by atoms with Gasteiger partial charge in [-0.3, -0.25) is 9.59 Å². The van der Waals surface area contributed by atoms with E-state index in [9.17, 15) is 14.7 Å². The number of ether oxygens (including phenoxy) is 2. The Morgan fingerprint density at radius 1 is 1.36 bits per heavy atom. The van der Waals surface area contributed by atoms with Crippen LogP contribution in [0.25, 0.3) is 0 Å². The predicted molar refractivity (Wildman–Crippen MR) is 80.5 cm³/mol. The molecule has 0 aromatic carbocycles. The fourth-order valence-electron chi connectivity index (χ4n) is 3.23. The molecule has 2 saturated heterocycles. The summed E-state index contributed by atoms with van der Waals surface area (Å²) in [5.41, 5.74) is 0. The lowest BCUT2D eigenvalue weighted by molar-refractivity contribution is -0.153. The van der Waals surface area contributed by atoms with Crippen LogP contribution >= 0.6 is 0 Å². The third-order valence-electron chi connectivity index (χ3n) is 4.47. The Morgan fingerprint density at radius 2 is 2.14 bits per heavy atom. The molecular formula is C16H27NO5. The number of carboxylic acid groups (broad SMARTS) is 1. The topological polar surface area (TPSA) is 76.1 Å². The second-order valence-corrected chi connectivity index (χ2v) is 6.58. The van der Waals surface area contributed by atoms with Crippen molar-refractivity contribution in [2.45, 2.75) is 51.7 Å². The van der Waals surface area contributed by atoms with E-state index >= 15 is 0 Å². The summed E-state index contributed by atoms with van der Waals surface area (Å²) in [5, 5.41) is 9.18. The SMILES string of the molecule is CC1CC(C(=O)O)CN(C(=O)C(C)OCC2CCCCO2)C1. The minimum Gasteiger partial charge on any atom is -0.481 e. The number of carboxylic acids is 1. The summed E-state index contributed by atoms with van der Waals surface area (Å²) in [6, 6.07) is 0. The fraction of sp³-hybridized carbons (Fsp3) is 0.875. The van der Waals surface area contributed by atoms with Crippen LogP contribution < -0.4 is 0 Å². The van der Waals surface area contributed by atoms with Crippen LogP contribution in [0, 0.1) is 11.8 Å². The summed E-state index contributed by atoms with van der Waals surface area (Å²) in [7, 11) is 0. The van der Waals surface area contributed by atoms with E-state index in [1.165, 1.54) is 0 Å². The van der Waals surface area contributed by atoms with Gasteiger partial charge in [-0.25, -0.2) is 0 Å². The van der Waals surface area contributed by atoms with E-state index in [0.717, 1.165) is 25.9 Å². The molecule has 6 heteroatoms. The van der Waals surface area contributed by atoms with Crippen LogP contribution in [-0.4, -0.2) is 60.4 Å². The molecule has 0 bridgehead atoms. The van der Waals surface area contributed by atoms with Gasteiger partial charge in [0.1, 0.15) is 6.10 Å². The van der Waals surface area contributed by atoms with E-state index in [1.807, 2.05) is 6.92 Å². The van der Waals surface area contributed by atoms with Gasteiger partial charge < -0.3 is 19.5 Å². The molecule has 0 radical (unpaired) electrons. The normalized spacial score (nSPS) is 30.8. The lowest BCUT2D eigenvalue weighted by atomic mass is 9.90. The first kappa shape index (κ1) is 17.2. The maximum Gasteiger partial charge on any atom is 0.308 e. The van der Waals surface area contributed by atoms with E-state index in [1.54, 1.807) is 11.8 Å². The van der Waals surface area contributed by atoms with Crippen molar-refractivity contribution in [3.63, 3.8) is 0 Å². The maximum absolute atomic E-state index is 12.5. The summed E-state index contributed by atoms with van der Waals surface area (Å²) in [4.78, 5) is 25.3. The molecule has 2 heterocycles. The zero-order chi connectivity index (χ0) is 16.1. The van der Waals surface area contributed by atoms with Gasteiger partial charge in [0.2, 0.25) is 0 Å². The number of rotatable bonds is 5. The molecule has 0 spiro atoms. The van der Waals surface area contributed by atoms with Gasteiger partial charge >= 0.3 is 5.97 Å². The summed E-state index contributed by atoms with van der Waals surface area (Å²) in [6.07, 6.45) is 3.36. The Bertz CT molecular complexity index is 394. The Balaban J connectivity index is 1.82. The average Bonchev–Trinajstić information content (AvgIpc) is 2.52. The monoisotopic (exact) mass is 313 g/mol. The minimum absolute atomic E-state index is 0.0797. The van der Waals surface area contributed by atoms with Crippen molar-refractivity contribution in [2.75, 3.05) is 26.3 Å². The van der Waals surface area contributed by atoms with Crippen molar-refractivity contribution < 1.29 is 24.2 Å². The quantitative estimate of drug-likeness (QED) is 0.833. The lowest BCUT2D eigenvalue weighted by Crippen LogP contribution is -2.49. The molecule has 1 N–H and O–H groups in total. The third kappa shape index (κ3) is 4.68. The highest BCUT2D eigenvalue weighted by atomic mass is 16.5. The van der Waals surface area contributed by atoms with Gasteiger partial charge in [-0.1, -0.05) is 6.92 Å². The first-order valence-electron chi connectivity index (χ1n) is 8.22. The Kier molecular flexibility index (Phi) is 6.20. The molecule has 1 amide bonds. The maximum atomic E-state index is 12.5. The molecule has 2 rings (SSSR count). The summed E-state index contributed by atoms with van der Waals surface area (Å²) in [6.45, 7) is 5.80. The van der Waals surface area contributed by atoms with E-state index in [0.29, 0.717) is 19.6 Å². The molecular weight excluding hydrogens is 286 g/mol. The first-order chi connectivity index (χ1) is 10.5. The van der Waals surface area contributed by atoms with Crippen LogP contribution in [0.1, 0.15) is 39.5 Å². The van der Waals surface area contributed by atoms with Crippen LogP contribution in [0.3, 0.4) is 0 Å². The molecule has 4 unspecified atom stereocenters. The van der Waals surface area contributed by atoms with Crippen LogP contribution in [0.4, 0.5) is 0 Å². The van der Waals surface area contributed by atoms with Crippen LogP contribution in [0.2, 0.25) is 0 Å². The van der Waals surface area contributed by atoms with Gasteiger partial charge in [0, 0.05) is 19.7 Å². The second-order valence-electron chi connectivity index (χ2n) is 6.58. The van der Waals surface area contributed by atoms with Crippen LogP contribution in [0.15, 0.2) is 0 Å². The number of likely N-dealkylation sites (tertiary alicyclic amines) is 1. The van der Waals surface area contributed by atoms with Gasteiger partial charge in [-0.2, -0.15) is 0 Å². The summed E-state index contributed by atoms with van der Waals surface area (Å²) >= 11 is 0. The molecule has 2 fully saturated rings. The smallest absolute Gasteiger partial charge is 0.308 e. The zero-order valence-electron chi connectivity index (χ0n) is 13.5. The number of nitrogens with zero attached hydrogens (tertiary/aromatic N) is 1. The van der Waals surface area contributed by atoms with Crippen molar-refractivity contribution in [1.29, 1.82) is 0 Å². The highest BCUT2D eigenvalue weighted by Gasteiger charge is 2.33. The van der Waals surface area contributed by atoms with Crippen molar-refractivity contribution in [1.82, 2.24) is 4.90 Å². The second kappa shape index (κ2) is 7.92. The molecule has 0 saturated carbocycles. The molecule has 126 valence electrons. The minimum atomic E-state index is -0.825. The molecule has 22 heavy (non-hydrogen) atoms. The van der Waals surface area contributed by atoms with Gasteiger partial charge in [0.05, 0.1) is 18.6 Å². The van der Waals surface area contributed by atoms with E-state index in [-0.39, 0.29) is 24.5 Å². The number of aliphatic carboxylic acids is 1. The van der Waals surface area contributed by atoms with Gasteiger partial charge in [0.15, 0.2) is 0 Å². The lowest BCUT2D eigenvalue weighted by Gasteiger charge is -2.36. The van der Waals surface area contributed by atoms with Gasteiger partial charge in [0.25, 0.3) is 5.91 Å². The molecule has 0 aromatic rings. The zero-order valence-corrected chi connectivity index (χ0v) is 13.5. The molecule has 2 aliphatic heterocycles. The fourth-order valence-corrected chi connectivity index (χ4v) is 3.23. The number of piperidine rings is 1. The van der Waals surface area contributed by atoms with Gasteiger partial charge in [-0.05, 0) is 38.5 Å². The molecule has 2 aliphatic rings. The van der Waals surface area contributed by atoms with Crippen LogP contribution in [-0.2, 0) is 19.1 Å². The third-order valence-corrected chi connectivity index (χ3v) is 4.47. The Hall–Kier alpha value is -1.14. The number of hydrogen-bond donors (Lipinski definition) is 1. The van der Waals surface area contributed by atoms with Crippen molar-refractivity contribution in [3.05, 3.63) is 0 Å². The average molecular weight is 313 g/mol. The summed E-state index contributed by atoms with van der Waals surface area (Å²) in [5.74, 6) is -1.21. The Labute approximate surface area is 131 Å². The molecule has 6 nitrogen and oxygen atoms in total. The van der Waals surface area contributed by atoms with Crippen molar-refractivity contribution in [2.24, 2.45) is 11.8 Å². The largest absolute Gasteiger partial charge is 0.481 e. The van der Waals surface area contributed by atoms with Gasteiger partial charge in [-0.15, -0.1) is 0 Å². The number of amides is 1. The number of hydrogen-bond acceptors (Lipinski definition) is 4. The van der Waals surface area contributed by atoms with E-state index in [2.05, 4.69) is 0 Å². The Morgan fingerprint density at radius 3 is 2.77 bits per heavy atom. The van der Waals surface area contributed by atoms with E-state index < -0.39 is 18.0 Å². The predicted octanol–water partition coefficient (Wildman–Crippen LogP) is 1.53. The standard InChI is InChI=1S/C16H27NO5/c1-11-7-13(16(19)20)9-17(8-11)15(18)12(2)22-10-14-5-3-4-6-21-14/h11-14H,3-10H2,1-2H3,(H,19,20). The van der Waals surface area contributed by atoms with E-state index in [4.69, 9.17) is 9.47 Å². The molecule has 4 atom stereocenters. The van der Waals surface area contributed by atoms with Crippen molar-refractivity contribution in [3.8, 4) is 0 Å². The summed E-state index contributed by atoms with van der Waals surface area (Å²) < 4.78 is 11.3.